The van der Waals surface area contributed by atoms with Crippen molar-refractivity contribution in [3.63, 3.8) is 0 Å². The quantitative estimate of drug-likeness (QED) is 0.198. The maximum atomic E-state index is 14.0. The smallest absolute Gasteiger partial charge is 0.416 e. The number of methoxy groups -OCH3 is 1. The first-order valence-electron chi connectivity index (χ1n) is 9.86. The molecular formula is C23H16Cl2F4N4O3. The lowest BCUT2D eigenvalue weighted by atomic mass is 10.1. The van der Waals surface area contributed by atoms with Crippen LogP contribution in [0.2, 0.25) is 10.0 Å². The van der Waals surface area contributed by atoms with Crippen LogP contribution >= 0.6 is 23.2 Å². The van der Waals surface area contributed by atoms with Crippen molar-refractivity contribution in [1.29, 1.82) is 0 Å². The number of aliphatic imine (C=N–C) groups is 1. The van der Waals surface area contributed by atoms with Crippen LogP contribution in [0, 0.1) is 5.82 Å². The number of anilines is 2. The zero-order valence-corrected chi connectivity index (χ0v) is 19.7. The summed E-state index contributed by atoms with van der Waals surface area (Å²) in [6, 6.07) is 9.12. The number of ether oxygens (including phenoxy) is 1. The number of nitrogens with one attached hydrogen (secondary N) is 2. The molecule has 4 N–H and O–H groups in total. The number of nitrogens with two attached hydrogens (primary N) is 1. The molecule has 188 valence electrons. The topological polar surface area (TPSA) is 106 Å². The molecule has 13 heteroatoms. The van der Waals surface area contributed by atoms with Crippen LogP contribution in [-0.4, -0.2) is 24.9 Å². The minimum absolute atomic E-state index is 0.0659. The Morgan fingerprint density at radius 1 is 1.00 bits per heavy atom. The normalized spacial score (nSPS) is 11.7. The van der Waals surface area contributed by atoms with E-state index < -0.39 is 35.2 Å². The number of hydrogen-bond donors (Lipinski definition) is 3. The highest BCUT2D eigenvalue weighted by Gasteiger charge is 2.31. The summed E-state index contributed by atoms with van der Waals surface area (Å²) in [6.45, 7) is 0. The number of benzene rings is 3. The summed E-state index contributed by atoms with van der Waals surface area (Å²) in [5, 5.41) is 4.87. The Bertz CT molecular complexity index is 1340. The number of nitrogens with zero attached hydrogens (tertiary/aromatic N) is 1. The number of amidine groups is 1. The Kier molecular flexibility index (Phi) is 8.06. The molecule has 0 atom stereocenters. The van der Waals surface area contributed by atoms with Gasteiger partial charge in [0, 0.05) is 11.8 Å². The number of carbonyl (C=O) groups is 2. The highest BCUT2D eigenvalue weighted by Crippen LogP contribution is 2.32. The second-order valence-electron chi connectivity index (χ2n) is 7.09. The van der Waals surface area contributed by atoms with E-state index in [0.29, 0.717) is 18.2 Å². The largest absolute Gasteiger partial charge is 0.496 e. The minimum Gasteiger partial charge on any atom is -0.496 e. The van der Waals surface area contributed by atoms with Crippen LogP contribution < -0.4 is 21.1 Å². The van der Waals surface area contributed by atoms with E-state index in [9.17, 15) is 27.2 Å². The Morgan fingerprint density at radius 2 is 1.67 bits per heavy atom. The lowest BCUT2D eigenvalue weighted by molar-refractivity contribution is -0.137. The molecule has 3 aromatic carbocycles. The molecule has 7 nitrogen and oxygen atoms in total. The van der Waals surface area contributed by atoms with Gasteiger partial charge in [-0.3, -0.25) is 4.79 Å². The van der Waals surface area contributed by atoms with Gasteiger partial charge in [0.15, 0.2) is 0 Å². The van der Waals surface area contributed by atoms with Crippen molar-refractivity contribution in [3.8, 4) is 5.75 Å². The summed E-state index contributed by atoms with van der Waals surface area (Å²) >= 11 is 12.1. The van der Waals surface area contributed by atoms with Gasteiger partial charge in [-0.15, -0.1) is 0 Å². The minimum atomic E-state index is -4.73. The summed E-state index contributed by atoms with van der Waals surface area (Å²) in [4.78, 5) is 28.6. The Labute approximate surface area is 211 Å². The van der Waals surface area contributed by atoms with Crippen LogP contribution in [0.3, 0.4) is 0 Å². The molecule has 0 aromatic heterocycles. The van der Waals surface area contributed by atoms with E-state index in [2.05, 4.69) is 15.6 Å². The van der Waals surface area contributed by atoms with Crippen molar-refractivity contribution >= 4 is 52.4 Å². The fourth-order valence-electron chi connectivity index (χ4n) is 3.00. The highest BCUT2D eigenvalue weighted by atomic mass is 35.5. The second kappa shape index (κ2) is 10.8. The van der Waals surface area contributed by atoms with Crippen molar-refractivity contribution in [2.24, 2.45) is 10.7 Å². The van der Waals surface area contributed by atoms with Gasteiger partial charge in [-0.2, -0.15) is 18.2 Å². The Morgan fingerprint density at radius 3 is 2.28 bits per heavy atom. The maximum absolute atomic E-state index is 14.0. The van der Waals surface area contributed by atoms with Gasteiger partial charge in [-0.05, 0) is 42.5 Å². The number of alkyl halides is 3. The SMILES string of the molecule is COc1cc(NC(=O)/N=C(\N)c2c(Cl)cccc2Cl)ccc1C(=O)Nc1cc(C(F)(F)F)ccc1F. The standard InChI is InChI=1S/C23H16Cl2F4N4O3/c1-36-18-10-12(31-22(35)33-20(30)19-14(24)3-2-4-15(19)25)6-7-13(18)21(34)32-17-9-11(23(27,28)29)5-8-16(17)26/h2-10H,1H3,(H,32,34)(H3,30,31,33,35). The monoisotopic (exact) mass is 542 g/mol. The van der Waals surface area contributed by atoms with Crippen molar-refractivity contribution in [3.05, 3.63) is 87.2 Å². The molecule has 3 aromatic rings. The van der Waals surface area contributed by atoms with E-state index in [4.69, 9.17) is 33.7 Å². The molecule has 0 aliphatic rings. The third kappa shape index (κ3) is 6.23. The van der Waals surface area contributed by atoms with Crippen molar-refractivity contribution in [1.82, 2.24) is 0 Å². The zero-order valence-electron chi connectivity index (χ0n) is 18.2. The molecule has 0 saturated carbocycles. The molecule has 0 aliphatic heterocycles. The lowest BCUT2D eigenvalue weighted by Gasteiger charge is -2.13. The molecule has 3 amide bonds. The summed E-state index contributed by atoms with van der Waals surface area (Å²) in [6.07, 6.45) is -4.73. The van der Waals surface area contributed by atoms with Crippen LogP contribution in [-0.2, 0) is 6.18 Å². The molecule has 3 rings (SSSR count). The van der Waals surface area contributed by atoms with Gasteiger partial charge in [0.05, 0.1) is 39.5 Å². The first-order chi connectivity index (χ1) is 16.9. The summed E-state index contributed by atoms with van der Waals surface area (Å²) in [7, 11) is 1.22. The molecule has 0 bridgehead atoms. The summed E-state index contributed by atoms with van der Waals surface area (Å²) < 4.78 is 57.9. The van der Waals surface area contributed by atoms with Crippen molar-refractivity contribution in [2.75, 3.05) is 17.7 Å². The predicted molar refractivity (Wildman–Crippen MR) is 129 cm³/mol. The predicted octanol–water partition coefficient (Wildman–Crippen LogP) is 6.35. The van der Waals surface area contributed by atoms with E-state index >= 15 is 0 Å². The lowest BCUT2D eigenvalue weighted by Crippen LogP contribution is -2.19. The van der Waals surface area contributed by atoms with Crippen LogP contribution in [0.4, 0.5) is 33.7 Å². The molecule has 0 unspecified atom stereocenters. The fourth-order valence-corrected chi connectivity index (χ4v) is 3.59. The molecule has 0 aliphatic carbocycles. The first-order valence-corrected chi connectivity index (χ1v) is 10.6. The van der Waals surface area contributed by atoms with Gasteiger partial charge >= 0.3 is 12.2 Å². The third-order valence-corrected chi connectivity index (χ3v) is 5.31. The maximum Gasteiger partial charge on any atom is 0.416 e. The number of halogens is 6. The fraction of sp³-hybridized carbons (Fsp3) is 0.0870. The molecule has 0 heterocycles. The average molecular weight is 543 g/mol. The van der Waals surface area contributed by atoms with Crippen molar-refractivity contribution in [2.45, 2.75) is 6.18 Å². The van der Waals surface area contributed by atoms with E-state index in [1.165, 1.54) is 37.4 Å². The van der Waals surface area contributed by atoms with Gasteiger partial charge in [0.1, 0.15) is 17.4 Å². The molecule has 0 fully saturated rings. The van der Waals surface area contributed by atoms with Gasteiger partial charge in [0.2, 0.25) is 0 Å². The number of hydrogen-bond acceptors (Lipinski definition) is 3. The summed E-state index contributed by atoms with van der Waals surface area (Å²) in [5.74, 6) is -2.31. The molecule has 0 radical (unpaired) electrons. The van der Waals surface area contributed by atoms with Gasteiger partial charge in [-0.1, -0.05) is 29.3 Å². The second-order valence-corrected chi connectivity index (χ2v) is 7.90. The van der Waals surface area contributed by atoms with Gasteiger partial charge in [0.25, 0.3) is 5.91 Å². The van der Waals surface area contributed by atoms with Crippen LogP contribution in [0.15, 0.2) is 59.6 Å². The van der Waals surface area contributed by atoms with Gasteiger partial charge < -0.3 is 21.1 Å². The summed E-state index contributed by atoms with van der Waals surface area (Å²) in [5.41, 5.74) is 4.20. The van der Waals surface area contributed by atoms with Crippen LogP contribution in [0.25, 0.3) is 0 Å². The number of amides is 3. The number of urea groups is 1. The van der Waals surface area contributed by atoms with E-state index in [1.807, 2.05) is 0 Å². The highest BCUT2D eigenvalue weighted by molar-refractivity contribution is 6.40. The van der Waals surface area contributed by atoms with Crippen molar-refractivity contribution < 1.29 is 31.9 Å². The first kappa shape index (κ1) is 26.8. The van der Waals surface area contributed by atoms with E-state index in [-0.39, 0.29) is 38.4 Å². The van der Waals surface area contributed by atoms with E-state index in [0.717, 1.165) is 0 Å². The molecule has 0 spiro atoms. The zero-order chi connectivity index (χ0) is 26.6. The molecule has 0 saturated heterocycles. The Hall–Kier alpha value is -3.83. The molecular weight excluding hydrogens is 527 g/mol. The number of rotatable bonds is 5. The van der Waals surface area contributed by atoms with Crippen LogP contribution in [0.5, 0.6) is 5.75 Å². The van der Waals surface area contributed by atoms with E-state index in [1.54, 1.807) is 6.07 Å². The molecule has 36 heavy (non-hydrogen) atoms. The number of carbonyl (C=O) groups excluding carboxylic acids is 2. The Balaban J connectivity index is 1.80. The van der Waals surface area contributed by atoms with Gasteiger partial charge in [-0.25, -0.2) is 9.18 Å². The average Bonchev–Trinajstić information content (AvgIpc) is 2.79. The third-order valence-electron chi connectivity index (χ3n) is 4.68. The van der Waals surface area contributed by atoms with Crippen LogP contribution in [0.1, 0.15) is 21.5 Å².